The Kier molecular flexibility index (Phi) is 6.91. The van der Waals surface area contributed by atoms with Crippen molar-refractivity contribution in [2.24, 2.45) is 0 Å². The van der Waals surface area contributed by atoms with Crippen LogP contribution in [0.15, 0.2) is 12.1 Å². The number of ether oxygens (including phenoxy) is 2. The van der Waals surface area contributed by atoms with Crippen molar-refractivity contribution in [3.63, 3.8) is 0 Å². The van der Waals surface area contributed by atoms with Gasteiger partial charge in [-0.3, -0.25) is 4.79 Å². The van der Waals surface area contributed by atoms with Gasteiger partial charge in [0.05, 0.1) is 13.2 Å². The van der Waals surface area contributed by atoms with E-state index in [-0.39, 0.29) is 17.1 Å². The second-order valence-corrected chi connectivity index (χ2v) is 4.62. The van der Waals surface area contributed by atoms with Gasteiger partial charge in [0, 0.05) is 18.6 Å². The molecule has 0 unspecified atom stereocenters. The number of rotatable bonds is 9. The third-order valence-electron chi connectivity index (χ3n) is 2.88. The summed E-state index contributed by atoms with van der Waals surface area (Å²) in [4.78, 5) is 12.1. The van der Waals surface area contributed by atoms with Gasteiger partial charge in [-0.1, -0.05) is 20.3 Å². The fraction of sp³-hybridized carbons (Fsp3) is 0.562. The summed E-state index contributed by atoms with van der Waals surface area (Å²) >= 11 is 0. The minimum absolute atomic E-state index is 0.0686. The summed E-state index contributed by atoms with van der Waals surface area (Å²) in [6, 6.07) is 3.15. The second kappa shape index (κ2) is 8.46. The Labute approximate surface area is 120 Å². The van der Waals surface area contributed by atoms with Crippen LogP contribution in [0, 0.1) is 0 Å². The number of phenols is 1. The normalized spacial score (nSPS) is 10.3. The molecule has 0 aliphatic heterocycles. The van der Waals surface area contributed by atoms with E-state index in [0.29, 0.717) is 31.1 Å². The molecule has 4 heteroatoms. The highest BCUT2D eigenvalue weighted by Gasteiger charge is 2.19. The van der Waals surface area contributed by atoms with Crippen LogP contribution in [-0.4, -0.2) is 24.1 Å². The number of phenolic OH excluding ortho intramolecular Hbond substituents is 1. The number of benzene rings is 1. The molecule has 4 nitrogen and oxygen atoms in total. The van der Waals surface area contributed by atoms with Crippen molar-refractivity contribution in [3.8, 4) is 17.2 Å². The molecule has 0 aliphatic rings. The number of carbonyl (C=O) groups excluding carboxylic acids is 1. The van der Waals surface area contributed by atoms with Gasteiger partial charge in [0.15, 0.2) is 5.78 Å². The van der Waals surface area contributed by atoms with E-state index in [2.05, 4.69) is 6.92 Å². The smallest absolute Gasteiger partial charge is 0.170 e. The minimum Gasteiger partial charge on any atom is -0.507 e. The first-order chi connectivity index (χ1) is 9.63. The fourth-order valence-corrected chi connectivity index (χ4v) is 1.90. The molecule has 1 aromatic rings. The van der Waals surface area contributed by atoms with Crippen molar-refractivity contribution in [1.82, 2.24) is 0 Å². The first-order valence-electron chi connectivity index (χ1n) is 7.29. The Bertz CT molecular complexity index is 440. The quantitative estimate of drug-likeness (QED) is 0.549. The molecular weight excluding hydrogens is 256 g/mol. The molecule has 0 saturated heterocycles. The molecular formula is C16H24O4. The summed E-state index contributed by atoms with van der Waals surface area (Å²) in [6.07, 6.45) is 3.04. The average molecular weight is 280 g/mol. The topological polar surface area (TPSA) is 55.8 Å². The van der Waals surface area contributed by atoms with Gasteiger partial charge in [-0.2, -0.15) is 0 Å². The molecule has 20 heavy (non-hydrogen) atoms. The van der Waals surface area contributed by atoms with Gasteiger partial charge in [-0.25, -0.2) is 0 Å². The molecule has 0 atom stereocenters. The van der Waals surface area contributed by atoms with Crippen molar-refractivity contribution < 1.29 is 19.4 Å². The highest BCUT2D eigenvalue weighted by atomic mass is 16.5. The summed E-state index contributed by atoms with van der Waals surface area (Å²) in [6.45, 7) is 6.89. The van der Waals surface area contributed by atoms with Crippen LogP contribution in [0.1, 0.15) is 56.8 Å². The zero-order valence-electron chi connectivity index (χ0n) is 12.6. The predicted molar refractivity (Wildman–Crippen MR) is 78.9 cm³/mol. The Morgan fingerprint density at radius 2 is 1.90 bits per heavy atom. The lowest BCUT2D eigenvalue weighted by Crippen LogP contribution is -2.06. The molecule has 0 fully saturated rings. The molecule has 0 saturated carbocycles. The van der Waals surface area contributed by atoms with E-state index in [1.807, 2.05) is 13.8 Å². The van der Waals surface area contributed by atoms with E-state index in [1.54, 1.807) is 6.07 Å². The SMILES string of the molecule is CCCCOc1cc(OCC)cc(O)c1C(=O)CCC. The molecule has 1 aromatic carbocycles. The maximum Gasteiger partial charge on any atom is 0.170 e. The molecule has 0 heterocycles. The lowest BCUT2D eigenvalue weighted by Gasteiger charge is -2.14. The van der Waals surface area contributed by atoms with Crippen molar-refractivity contribution in [3.05, 3.63) is 17.7 Å². The van der Waals surface area contributed by atoms with Crippen LogP contribution in [0.3, 0.4) is 0 Å². The van der Waals surface area contributed by atoms with Crippen LogP contribution in [0.5, 0.6) is 17.2 Å². The largest absolute Gasteiger partial charge is 0.507 e. The summed E-state index contributed by atoms with van der Waals surface area (Å²) in [5, 5.41) is 10.1. The first-order valence-corrected chi connectivity index (χ1v) is 7.29. The highest BCUT2D eigenvalue weighted by molar-refractivity contribution is 6.01. The van der Waals surface area contributed by atoms with E-state index >= 15 is 0 Å². The van der Waals surface area contributed by atoms with Crippen LogP contribution in [0.2, 0.25) is 0 Å². The Morgan fingerprint density at radius 3 is 2.50 bits per heavy atom. The van der Waals surface area contributed by atoms with E-state index in [0.717, 1.165) is 19.3 Å². The van der Waals surface area contributed by atoms with Crippen LogP contribution in [0.25, 0.3) is 0 Å². The summed E-state index contributed by atoms with van der Waals surface area (Å²) in [7, 11) is 0. The zero-order valence-corrected chi connectivity index (χ0v) is 12.6. The van der Waals surface area contributed by atoms with Gasteiger partial charge in [0.25, 0.3) is 0 Å². The van der Waals surface area contributed by atoms with Gasteiger partial charge in [-0.05, 0) is 19.8 Å². The third-order valence-corrected chi connectivity index (χ3v) is 2.88. The highest BCUT2D eigenvalue weighted by Crippen LogP contribution is 2.34. The number of unbranched alkanes of at least 4 members (excludes halogenated alkanes) is 1. The number of Topliss-reactive ketones (excluding diaryl/α,β-unsaturated/α-hetero) is 1. The van der Waals surface area contributed by atoms with Gasteiger partial charge < -0.3 is 14.6 Å². The maximum absolute atomic E-state index is 12.1. The number of aromatic hydroxyl groups is 1. The second-order valence-electron chi connectivity index (χ2n) is 4.62. The molecule has 112 valence electrons. The minimum atomic E-state index is -0.0976. The standard InChI is InChI=1S/C16H24O4/c1-4-7-9-20-15-11-12(19-6-3)10-14(18)16(15)13(17)8-5-2/h10-11,18H,4-9H2,1-3H3. The molecule has 0 spiro atoms. The third kappa shape index (κ3) is 4.44. The van der Waals surface area contributed by atoms with E-state index in [9.17, 15) is 9.90 Å². The van der Waals surface area contributed by atoms with Crippen LogP contribution in [-0.2, 0) is 0 Å². The summed E-state index contributed by atoms with van der Waals surface area (Å²) in [5.41, 5.74) is 0.270. The zero-order chi connectivity index (χ0) is 15.0. The molecule has 0 radical (unpaired) electrons. The number of hydrogen-bond donors (Lipinski definition) is 1. The predicted octanol–water partition coefficient (Wildman–Crippen LogP) is 3.95. The van der Waals surface area contributed by atoms with Crippen molar-refractivity contribution in [1.29, 1.82) is 0 Å². The lowest BCUT2D eigenvalue weighted by atomic mass is 10.0. The maximum atomic E-state index is 12.1. The Balaban J connectivity index is 3.07. The van der Waals surface area contributed by atoms with Crippen LogP contribution in [0.4, 0.5) is 0 Å². The molecule has 1 N–H and O–H groups in total. The fourth-order valence-electron chi connectivity index (χ4n) is 1.90. The number of carbonyl (C=O) groups is 1. The molecule has 1 rings (SSSR count). The molecule has 0 aromatic heterocycles. The molecule has 0 aliphatic carbocycles. The number of hydrogen-bond acceptors (Lipinski definition) is 4. The monoisotopic (exact) mass is 280 g/mol. The Morgan fingerprint density at radius 1 is 1.15 bits per heavy atom. The van der Waals surface area contributed by atoms with Gasteiger partial charge in [-0.15, -0.1) is 0 Å². The molecule has 0 bridgehead atoms. The first kappa shape index (κ1) is 16.3. The van der Waals surface area contributed by atoms with Crippen LogP contribution < -0.4 is 9.47 Å². The molecule has 0 amide bonds. The van der Waals surface area contributed by atoms with Gasteiger partial charge >= 0.3 is 0 Å². The van der Waals surface area contributed by atoms with Crippen molar-refractivity contribution >= 4 is 5.78 Å². The van der Waals surface area contributed by atoms with E-state index < -0.39 is 0 Å². The summed E-state index contributed by atoms with van der Waals surface area (Å²) in [5.74, 6) is 0.769. The van der Waals surface area contributed by atoms with Crippen molar-refractivity contribution in [2.45, 2.75) is 46.5 Å². The lowest BCUT2D eigenvalue weighted by molar-refractivity contribution is 0.0974. The summed E-state index contributed by atoms with van der Waals surface area (Å²) < 4.78 is 11.0. The van der Waals surface area contributed by atoms with Crippen LogP contribution >= 0.6 is 0 Å². The average Bonchev–Trinajstić information content (AvgIpc) is 2.39. The Hall–Kier alpha value is -1.71. The number of ketones is 1. The van der Waals surface area contributed by atoms with Crippen molar-refractivity contribution in [2.75, 3.05) is 13.2 Å². The van der Waals surface area contributed by atoms with E-state index in [1.165, 1.54) is 6.07 Å². The van der Waals surface area contributed by atoms with Gasteiger partial charge in [0.2, 0.25) is 0 Å². The van der Waals surface area contributed by atoms with Gasteiger partial charge in [0.1, 0.15) is 22.8 Å². The van der Waals surface area contributed by atoms with E-state index in [4.69, 9.17) is 9.47 Å².